The van der Waals surface area contributed by atoms with E-state index in [1.54, 1.807) is 0 Å². The van der Waals surface area contributed by atoms with E-state index < -0.39 is 0 Å². The highest BCUT2D eigenvalue weighted by molar-refractivity contribution is 5.10. The standard InChI is InChI=1S/C6H11N/c1-2-5-4-3-6(4)7-5/h4-7H,2-3H2,1H3. The van der Waals surface area contributed by atoms with Crippen LogP contribution in [0.1, 0.15) is 19.8 Å². The number of rotatable bonds is 1. The maximum atomic E-state index is 3.47. The zero-order chi connectivity index (χ0) is 4.85. The summed E-state index contributed by atoms with van der Waals surface area (Å²) in [5.74, 6) is 1.10. The molecule has 3 atom stereocenters. The first-order chi connectivity index (χ1) is 3.42. The highest BCUT2D eigenvalue weighted by Crippen LogP contribution is 2.43. The third-order valence-electron chi connectivity index (χ3n) is 2.22. The molecule has 1 heterocycles. The Kier molecular flexibility index (Phi) is 0.571. The van der Waals surface area contributed by atoms with Crippen LogP contribution in [-0.2, 0) is 0 Å². The lowest BCUT2D eigenvalue weighted by Gasteiger charge is -2.24. The second kappa shape index (κ2) is 1.03. The van der Waals surface area contributed by atoms with Gasteiger partial charge in [-0.1, -0.05) is 6.92 Å². The number of hydrogen-bond acceptors (Lipinski definition) is 1. The highest BCUT2D eigenvalue weighted by Gasteiger charge is 2.51. The third kappa shape index (κ3) is 0.367. The molecule has 7 heavy (non-hydrogen) atoms. The van der Waals surface area contributed by atoms with Gasteiger partial charge in [-0.3, -0.25) is 0 Å². The molecular weight excluding hydrogens is 86.1 g/mol. The minimum absolute atomic E-state index is 0.907. The van der Waals surface area contributed by atoms with Crippen LogP contribution in [0.4, 0.5) is 0 Å². The molecule has 1 saturated carbocycles. The van der Waals surface area contributed by atoms with Crippen molar-refractivity contribution in [2.24, 2.45) is 5.92 Å². The summed E-state index contributed by atoms with van der Waals surface area (Å²) in [6.45, 7) is 2.26. The lowest BCUT2D eigenvalue weighted by Crippen LogP contribution is -2.44. The van der Waals surface area contributed by atoms with Gasteiger partial charge in [0.15, 0.2) is 0 Å². The SMILES string of the molecule is CCC1NC2CC12. The Labute approximate surface area is 44.1 Å². The van der Waals surface area contributed by atoms with Crippen LogP contribution < -0.4 is 5.32 Å². The summed E-state index contributed by atoms with van der Waals surface area (Å²) < 4.78 is 0. The minimum Gasteiger partial charge on any atom is -0.311 e. The molecule has 3 unspecified atom stereocenters. The van der Waals surface area contributed by atoms with E-state index in [1.165, 1.54) is 12.8 Å². The molecule has 0 spiro atoms. The average Bonchev–Trinajstić information content (AvgIpc) is 2.18. The second-order valence-corrected chi connectivity index (χ2v) is 2.69. The molecule has 1 heteroatoms. The molecule has 1 nitrogen and oxygen atoms in total. The van der Waals surface area contributed by atoms with E-state index in [1.807, 2.05) is 0 Å². The highest BCUT2D eigenvalue weighted by atomic mass is 15.1. The minimum atomic E-state index is 0.907. The van der Waals surface area contributed by atoms with Crippen molar-refractivity contribution in [3.8, 4) is 0 Å². The van der Waals surface area contributed by atoms with E-state index in [0.717, 1.165) is 18.0 Å². The van der Waals surface area contributed by atoms with Crippen LogP contribution in [0.2, 0.25) is 0 Å². The topological polar surface area (TPSA) is 12.0 Å². The van der Waals surface area contributed by atoms with Gasteiger partial charge < -0.3 is 5.32 Å². The van der Waals surface area contributed by atoms with Crippen molar-refractivity contribution in [2.45, 2.75) is 31.8 Å². The zero-order valence-corrected chi connectivity index (χ0v) is 4.65. The van der Waals surface area contributed by atoms with E-state index in [9.17, 15) is 0 Å². The van der Waals surface area contributed by atoms with Crippen LogP contribution in [0.15, 0.2) is 0 Å². The number of hydrogen-bond donors (Lipinski definition) is 1. The molecule has 0 radical (unpaired) electrons. The van der Waals surface area contributed by atoms with Crippen LogP contribution in [-0.4, -0.2) is 12.1 Å². The Morgan fingerprint density at radius 3 is 2.71 bits per heavy atom. The van der Waals surface area contributed by atoms with Crippen molar-refractivity contribution < 1.29 is 0 Å². The lowest BCUT2D eigenvalue weighted by atomic mass is 10.0. The van der Waals surface area contributed by atoms with E-state index in [2.05, 4.69) is 12.2 Å². The van der Waals surface area contributed by atoms with E-state index in [-0.39, 0.29) is 0 Å². The fraction of sp³-hybridized carbons (Fsp3) is 1.00. The Morgan fingerprint density at radius 2 is 2.57 bits per heavy atom. The molecule has 1 N–H and O–H groups in total. The van der Waals surface area contributed by atoms with Gasteiger partial charge in [0, 0.05) is 12.1 Å². The van der Waals surface area contributed by atoms with Gasteiger partial charge in [0.05, 0.1) is 0 Å². The summed E-state index contributed by atoms with van der Waals surface area (Å²) in [4.78, 5) is 0. The Bertz CT molecular complexity index is 90.2. The third-order valence-corrected chi connectivity index (χ3v) is 2.22. The summed E-state index contributed by atoms with van der Waals surface area (Å²) in [6, 6.07) is 1.87. The fourth-order valence-electron chi connectivity index (χ4n) is 1.55. The Balaban J connectivity index is 1.92. The number of fused-ring (bicyclic) bond motifs is 1. The molecular formula is C6H11N. The summed E-state index contributed by atoms with van der Waals surface area (Å²) in [5, 5.41) is 3.47. The van der Waals surface area contributed by atoms with Crippen molar-refractivity contribution in [3.63, 3.8) is 0 Å². The van der Waals surface area contributed by atoms with Crippen molar-refractivity contribution in [1.82, 2.24) is 5.32 Å². The van der Waals surface area contributed by atoms with Crippen molar-refractivity contribution in [2.75, 3.05) is 0 Å². The normalized spacial score (nSPS) is 55.3. The predicted octanol–water partition coefficient (Wildman–Crippen LogP) is 0.757. The zero-order valence-electron chi connectivity index (χ0n) is 4.65. The Hall–Kier alpha value is -0.0400. The molecule has 0 aromatic carbocycles. The van der Waals surface area contributed by atoms with Crippen LogP contribution in [0.5, 0.6) is 0 Å². The van der Waals surface area contributed by atoms with Gasteiger partial charge >= 0.3 is 0 Å². The molecule has 40 valence electrons. The summed E-state index contributed by atoms with van der Waals surface area (Å²) in [7, 11) is 0. The molecule has 2 rings (SSSR count). The molecule has 2 fully saturated rings. The lowest BCUT2D eigenvalue weighted by molar-refractivity contribution is 0.344. The first-order valence-corrected chi connectivity index (χ1v) is 3.18. The number of nitrogens with one attached hydrogen (secondary N) is 1. The molecule has 1 saturated heterocycles. The maximum Gasteiger partial charge on any atom is 0.0117 e. The van der Waals surface area contributed by atoms with E-state index in [0.29, 0.717) is 0 Å². The van der Waals surface area contributed by atoms with Crippen molar-refractivity contribution >= 4 is 0 Å². The van der Waals surface area contributed by atoms with E-state index >= 15 is 0 Å². The van der Waals surface area contributed by atoms with Gasteiger partial charge in [-0.2, -0.15) is 0 Å². The molecule has 1 aliphatic carbocycles. The summed E-state index contributed by atoms with van der Waals surface area (Å²) in [5.41, 5.74) is 0. The van der Waals surface area contributed by atoms with Crippen LogP contribution >= 0.6 is 0 Å². The van der Waals surface area contributed by atoms with Gasteiger partial charge in [0.1, 0.15) is 0 Å². The average molecular weight is 97.2 g/mol. The first-order valence-electron chi connectivity index (χ1n) is 3.18. The molecule has 0 bridgehead atoms. The van der Waals surface area contributed by atoms with Gasteiger partial charge in [0.25, 0.3) is 0 Å². The van der Waals surface area contributed by atoms with Gasteiger partial charge in [-0.15, -0.1) is 0 Å². The van der Waals surface area contributed by atoms with E-state index in [4.69, 9.17) is 0 Å². The predicted molar refractivity (Wildman–Crippen MR) is 29.1 cm³/mol. The molecule has 1 aliphatic heterocycles. The molecule has 0 amide bonds. The summed E-state index contributed by atoms with van der Waals surface area (Å²) in [6.07, 6.45) is 2.81. The van der Waals surface area contributed by atoms with Gasteiger partial charge in [-0.25, -0.2) is 0 Å². The van der Waals surface area contributed by atoms with Gasteiger partial charge in [0.2, 0.25) is 0 Å². The van der Waals surface area contributed by atoms with Crippen LogP contribution in [0.25, 0.3) is 0 Å². The largest absolute Gasteiger partial charge is 0.311 e. The van der Waals surface area contributed by atoms with Crippen molar-refractivity contribution in [1.29, 1.82) is 0 Å². The van der Waals surface area contributed by atoms with Crippen LogP contribution in [0.3, 0.4) is 0 Å². The van der Waals surface area contributed by atoms with Crippen molar-refractivity contribution in [3.05, 3.63) is 0 Å². The smallest absolute Gasteiger partial charge is 0.0117 e. The fourth-order valence-corrected chi connectivity index (χ4v) is 1.55. The monoisotopic (exact) mass is 97.1 g/mol. The molecule has 0 aromatic heterocycles. The summed E-state index contributed by atoms with van der Waals surface area (Å²) >= 11 is 0. The van der Waals surface area contributed by atoms with Crippen LogP contribution in [0, 0.1) is 5.92 Å². The maximum absolute atomic E-state index is 3.47. The quantitative estimate of drug-likeness (QED) is 0.509. The molecule has 2 aliphatic rings. The second-order valence-electron chi connectivity index (χ2n) is 2.69. The first kappa shape index (κ1) is 3.90. The van der Waals surface area contributed by atoms with Gasteiger partial charge in [-0.05, 0) is 18.8 Å². The Morgan fingerprint density at radius 1 is 1.71 bits per heavy atom. The molecule has 0 aromatic rings.